The Morgan fingerprint density at radius 2 is 0.660 bits per heavy atom. The summed E-state index contributed by atoms with van der Waals surface area (Å²) in [6, 6.07) is -0.719. The number of hydrogen-bond acceptors (Lipinski definition) is 8. The summed E-state index contributed by atoms with van der Waals surface area (Å²) in [5.74, 6) is -0.134. The minimum Gasteiger partial charge on any atom is -0.394 e. The van der Waals surface area contributed by atoms with Gasteiger partial charge in [0.05, 0.1) is 25.4 Å². The molecule has 9 heteroatoms. The molecule has 1 aliphatic heterocycles. The van der Waals surface area contributed by atoms with Crippen LogP contribution in [0.15, 0.2) is 48.6 Å². The highest BCUT2D eigenvalue weighted by molar-refractivity contribution is 5.76. The molecule has 1 saturated heterocycles. The Morgan fingerprint density at radius 1 is 0.372 bits per heavy atom. The number of carbonyl (C=O) groups excluding carboxylic acids is 1. The van der Waals surface area contributed by atoms with E-state index in [1.807, 2.05) is 0 Å². The van der Waals surface area contributed by atoms with Crippen molar-refractivity contribution in [2.75, 3.05) is 13.2 Å². The maximum atomic E-state index is 13.2. The molecule has 0 aromatic heterocycles. The van der Waals surface area contributed by atoms with Gasteiger partial charge in [-0.25, -0.2) is 0 Å². The van der Waals surface area contributed by atoms with E-state index in [1.165, 1.54) is 340 Å². The van der Waals surface area contributed by atoms with Gasteiger partial charge in [-0.2, -0.15) is 0 Å². The van der Waals surface area contributed by atoms with Crippen molar-refractivity contribution in [2.45, 2.75) is 474 Å². The third-order valence-electron chi connectivity index (χ3n) is 20.2. The van der Waals surface area contributed by atoms with Crippen LogP contribution in [0, 0.1) is 0 Å². The van der Waals surface area contributed by atoms with Gasteiger partial charge in [0.25, 0.3) is 0 Å². The molecule has 0 aromatic rings. The predicted octanol–water partition coefficient (Wildman–Crippen LogP) is 24.3. The standard InChI is InChI=1S/C85H161NO8/c1-3-5-7-9-11-13-15-17-19-21-23-25-27-29-31-33-35-36-37-38-39-40-41-42-43-44-45-47-49-51-53-55-57-59-61-63-65-67-69-71-73-75-81(89)86-78(77-93-85-84(92)83(91)82(90)80(76-87)94-85)79(88)74-72-70-68-66-64-62-60-58-56-54-52-50-48-46-34-32-30-28-26-24-22-20-18-16-14-12-10-8-6-4-2/h5,7,11,13,17,19,23,25,78-80,82-85,87-88,90-92H,3-4,6,8-10,12,14-16,18,20-22,24,26-77H2,1-2H3,(H,86,89)/b7-5-,13-11-,19-17-,25-23-. The highest BCUT2D eigenvalue weighted by atomic mass is 16.7. The molecule has 1 amide bonds. The second kappa shape index (κ2) is 73.9. The molecule has 0 bridgehead atoms. The van der Waals surface area contributed by atoms with Gasteiger partial charge in [0.1, 0.15) is 24.4 Å². The molecule has 1 heterocycles. The summed E-state index contributed by atoms with van der Waals surface area (Å²) in [5, 5.41) is 55.1. The van der Waals surface area contributed by atoms with Gasteiger partial charge >= 0.3 is 0 Å². The van der Waals surface area contributed by atoms with Crippen molar-refractivity contribution in [3.05, 3.63) is 48.6 Å². The number of ether oxygens (including phenoxy) is 2. The lowest BCUT2D eigenvalue weighted by Crippen LogP contribution is -2.60. The Labute approximate surface area is 584 Å². The van der Waals surface area contributed by atoms with Crippen LogP contribution in [0.2, 0.25) is 0 Å². The fourth-order valence-electron chi connectivity index (χ4n) is 13.8. The predicted molar refractivity (Wildman–Crippen MR) is 406 cm³/mol. The number of amides is 1. The monoisotopic (exact) mass is 1320 g/mol. The Hall–Kier alpha value is -1.85. The van der Waals surface area contributed by atoms with Crippen molar-refractivity contribution < 1.29 is 39.8 Å². The first-order valence-electron chi connectivity index (χ1n) is 41.8. The Balaban J connectivity index is 2.01. The average molecular weight is 1330 g/mol. The van der Waals surface area contributed by atoms with Crippen LogP contribution in [-0.2, 0) is 14.3 Å². The van der Waals surface area contributed by atoms with Gasteiger partial charge in [0.2, 0.25) is 5.91 Å². The summed E-state index contributed by atoms with van der Waals surface area (Å²) in [4.78, 5) is 13.2. The maximum absolute atomic E-state index is 13.2. The molecule has 554 valence electrons. The Bertz CT molecular complexity index is 1630. The van der Waals surface area contributed by atoms with Gasteiger partial charge < -0.3 is 40.3 Å². The largest absolute Gasteiger partial charge is 0.394 e. The SMILES string of the molecule is CC/C=C\C/C=C\C/C=C\C/C=C\CCCCCCCCCCCCCCCCCCCCCCCCCCCCCCC(=O)NC(COC1OC(CO)C(O)C(O)C1O)C(O)CCCCCCCCCCCCCCCCCCCCCCCCCCCCCCCC. The minimum absolute atomic E-state index is 0.133. The maximum Gasteiger partial charge on any atom is 0.220 e. The molecule has 0 radical (unpaired) electrons. The molecule has 1 fully saturated rings. The lowest BCUT2D eigenvalue weighted by Gasteiger charge is -2.40. The number of allylic oxidation sites excluding steroid dienone is 8. The van der Waals surface area contributed by atoms with E-state index in [4.69, 9.17) is 9.47 Å². The van der Waals surface area contributed by atoms with E-state index in [1.54, 1.807) is 0 Å². The van der Waals surface area contributed by atoms with Crippen molar-refractivity contribution in [1.29, 1.82) is 0 Å². The molecule has 7 unspecified atom stereocenters. The summed E-state index contributed by atoms with van der Waals surface area (Å²) in [6.07, 6.45) is 95.3. The molecule has 6 N–H and O–H groups in total. The van der Waals surface area contributed by atoms with E-state index in [0.717, 1.165) is 64.2 Å². The minimum atomic E-state index is -1.55. The second-order valence-electron chi connectivity index (χ2n) is 29.3. The Morgan fingerprint density at radius 3 is 0.979 bits per heavy atom. The van der Waals surface area contributed by atoms with Crippen LogP contribution in [0.4, 0.5) is 0 Å². The normalized spacial score (nSPS) is 17.7. The van der Waals surface area contributed by atoms with Crippen LogP contribution in [0.3, 0.4) is 0 Å². The number of aliphatic hydroxyl groups is 5. The third kappa shape index (κ3) is 61.3. The number of rotatable bonds is 75. The molecule has 7 atom stereocenters. The van der Waals surface area contributed by atoms with E-state index in [2.05, 4.69) is 67.8 Å². The van der Waals surface area contributed by atoms with E-state index in [9.17, 15) is 30.3 Å². The summed E-state index contributed by atoms with van der Waals surface area (Å²) in [5.41, 5.74) is 0. The van der Waals surface area contributed by atoms with Crippen LogP contribution >= 0.6 is 0 Å². The number of carbonyl (C=O) groups is 1. The summed E-state index contributed by atoms with van der Waals surface area (Å²) in [7, 11) is 0. The lowest BCUT2D eigenvalue weighted by atomic mass is 9.99. The molecule has 1 rings (SSSR count). The van der Waals surface area contributed by atoms with Crippen molar-refractivity contribution in [3.8, 4) is 0 Å². The zero-order chi connectivity index (χ0) is 67.8. The van der Waals surface area contributed by atoms with Crippen LogP contribution < -0.4 is 5.32 Å². The average Bonchev–Trinajstić information content (AvgIpc) is 0.831. The molecule has 0 saturated carbocycles. The molecule has 94 heavy (non-hydrogen) atoms. The fourth-order valence-corrected chi connectivity index (χ4v) is 13.8. The van der Waals surface area contributed by atoms with E-state index >= 15 is 0 Å². The van der Waals surface area contributed by atoms with Gasteiger partial charge in [-0.3, -0.25) is 4.79 Å². The van der Waals surface area contributed by atoms with Crippen molar-refractivity contribution in [1.82, 2.24) is 5.32 Å². The summed E-state index contributed by atoms with van der Waals surface area (Å²) in [6.45, 7) is 3.79. The van der Waals surface area contributed by atoms with Crippen LogP contribution in [0.5, 0.6) is 0 Å². The highest BCUT2D eigenvalue weighted by Gasteiger charge is 2.44. The van der Waals surface area contributed by atoms with E-state index < -0.39 is 49.5 Å². The lowest BCUT2D eigenvalue weighted by molar-refractivity contribution is -0.302. The van der Waals surface area contributed by atoms with Gasteiger partial charge in [0.15, 0.2) is 6.29 Å². The van der Waals surface area contributed by atoms with Crippen LogP contribution in [-0.4, -0.2) is 87.5 Å². The number of aliphatic hydroxyl groups excluding tert-OH is 5. The molecular weight excluding hydrogens is 1160 g/mol. The van der Waals surface area contributed by atoms with Crippen molar-refractivity contribution in [3.63, 3.8) is 0 Å². The van der Waals surface area contributed by atoms with Gasteiger partial charge in [-0.15, -0.1) is 0 Å². The van der Waals surface area contributed by atoms with Crippen LogP contribution in [0.25, 0.3) is 0 Å². The van der Waals surface area contributed by atoms with Gasteiger partial charge in [0, 0.05) is 6.42 Å². The number of unbranched alkanes of at least 4 members (excludes halogenated alkanes) is 57. The first-order valence-corrected chi connectivity index (χ1v) is 41.8. The summed E-state index contributed by atoms with van der Waals surface area (Å²) < 4.78 is 11.4. The zero-order valence-electron chi connectivity index (χ0n) is 62.5. The molecule has 9 nitrogen and oxygen atoms in total. The first-order chi connectivity index (χ1) is 46.3. The Kier molecular flexibility index (Phi) is 70.8. The second-order valence-corrected chi connectivity index (χ2v) is 29.3. The molecule has 1 aliphatic rings. The molecule has 0 aliphatic carbocycles. The topological polar surface area (TPSA) is 149 Å². The smallest absolute Gasteiger partial charge is 0.220 e. The van der Waals surface area contributed by atoms with E-state index in [0.29, 0.717) is 12.8 Å². The van der Waals surface area contributed by atoms with Crippen LogP contribution in [0.1, 0.15) is 431 Å². The molecule has 0 spiro atoms. The molecule has 0 aromatic carbocycles. The summed E-state index contributed by atoms with van der Waals surface area (Å²) >= 11 is 0. The van der Waals surface area contributed by atoms with Gasteiger partial charge in [-0.05, 0) is 51.4 Å². The molecular formula is C85H161NO8. The number of hydrogen-bond donors (Lipinski definition) is 6. The zero-order valence-corrected chi connectivity index (χ0v) is 62.5. The quantitative estimate of drug-likeness (QED) is 0.0261. The third-order valence-corrected chi connectivity index (χ3v) is 20.2. The highest BCUT2D eigenvalue weighted by Crippen LogP contribution is 2.25. The van der Waals surface area contributed by atoms with E-state index in [-0.39, 0.29) is 12.5 Å². The van der Waals surface area contributed by atoms with Crippen molar-refractivity contribution >= 4 is 5.91 Å². The number of nitrogens with one attached hydrogen (secondary N) is 1. The fraction of sp³-hybridized carbons (Fsp3) is 0.894. The van der Waals surface area contributed by atoms with Gasteiger partial charge in [-0.1, -0.05) is 422 Å². The first kappa shape index (κ1) is 90.2. The van der Waals surface area contributed by atoms with Crippen molar-refractivity contribution in [2.24, 2.45) is 0 Å².